The van der Waals surface area contributed by atoms with Gasteiger partial charge in [-0.15, -0.1) is 0 Å². The van der Waals surface area contributed by atoms with Gasteiger partial charge < -0.3 is 5.73 Å². The summed E-state index contributed by atoms with van der Waals surface area (Å²) in [6.45, 7) is 5.62. The highest BCUT2D eigenvalue weighted by molar-refractivity contribution is 5.92. The van der Waals surface area contributed by atoms with E-state index in [0.717, 1.165) is 10.9 Å². The zero-order chi connectivity index (χ0) is 12.7. The number of halogens is 2. The monoisotopic (exact) mass is 235 g/mol. The van der Waals surface area contributed by atoms with Crippen LogP contribution < -0.4 is 5.73 Å². The summed E-state index contributed by atoms with van der Waals surface area (Å²) < 4.78 is 27.0. The lowest BCUT2D eigenvalue weighted by atomic mass is 9.92. The lowest BCUT2D eigenvalue weighted by Gasteiger charge is -2.14. The number of aryl methyl sites for hydroxylation is 1. The van der Waals surface area contributed by atoms with Gasteiger partial charge in [-0.1, -0.05) is 13.8 Å². The fraction of sp³-hybridized carbons (Fsp3) is 0.286. The smallest absolute Gasteiger partial charge is 0.162 e. The van der Waals surface area contributed by atoms with Gasteiger partial charge in [0.2, 0.25) is 0 Å². The van der Waals surface area contributed by atoms with Crippen LogP contribution in [0.1, 0.15) is 30.9 Å². The molecule has 0 aliphatic carbocycles. The van der Waals surface area contributed by atoms with Gasteiger partial charge in [0.05, 0.1) is 0 Å². The molecule has 90 valence electrons. The van der Waals surface area contributed by atoms with Crippen molar-refractivity contribution in [1.82, 2.24) is 0 Å². The molecule has 0 bridgehead atoms. The van der Waals surface area contributed by atoms with Crippen molar-refractivity contribution in [2.45, 2.75) is 26.7 Å². The standard InChI is InChI=1S/C14H15F2N/c1-7(2)11-6-10(17)4-9-5-12(15)14(16)8(3)13(9)11/h4-7H,17H2,1-3H3. The predicted octanol–water partition coefficient (Wildman–Crippen LogP) is 4.13. The van der Waals surface area contributed by atoms with Crippen molar-refractivity contribution in [3.63, 3.8) is 0 Å². The number of rotatable bonds is 1. The highest BCUT2D eigenvalue weighted by atomic mass is 19.2. The van der Waals surface area contributed by atoms with Crippen LogP contribution in [0.15, 0.2) is 18.2 Å². The number of hydrogen-bond donors (Lipinski definition) is 1. The molecule has 0 amide bonds. The number of hydrogen-bond acceptors (Lipinski definition) is 1. The van der Waals surface area contributed by atoms with E-state index >= 15 is 0 Å². The van der Waals surface area contributed by atoms with Crippen LogP contribution in [0.3, 0.4) is 0 Å². The normalized spacial score (nSPS) is 11.4. The van der Waals surface area contributed by atoms with Crippen molar-refractivity contribution in [2.75, 3.05) is 5.73 Å². The average molecular weight is 235 g/mol. The predicted molar refractivity (Wildman–Crippen MR) is 67.1 cm³/mol. The maximum atomic E-state index is 13.6. The number of nitrogen functional groups attached to an aromatic ring is 1. The van der Waals surface area contributed by atoms with E-state index in [0.29, 0.717) is 16.6 Å². The summed E-state index contributed by atoms with van der Waals surface area (Å²) in [5.74, 6) is -1.39. The fourth-order valence-electron chi connectivity index (χ4n) is 2.20. The van der Waals surface area contributed by atoms with Gasteiger partial charge in [-0.25, -0.2) is 8.78 Å². The highest BCUT2D eigenvalue weighted by Crippen LogP contribution is 2.32. The molecular formula is C14H15F2N. The molecule has 3 heteroatoms. The van der Waals surface area contributed by atoms with E-state index in [1.807, 2.05) is 19.9 Å². The Morgan fingerprint density at radius 1 is 1.12 bits per heavy atom. The maximum Gasteiger partial charge on any atom is 0.162 e. The van der Waals surface area contributed by atoms with Crippen molar-refractivity contribution in [3.8, 4) is 0 Å². The fourth-order valence-corrected chi connectivity index (χ4v) is 2.20. The maximum absolute atomic E-state index is 13.6. The Bertz CT molecular complexity index is 589. The first-order valence-corrected chi connectivity index (χ1v) is 5.59. The van der Waals surface area contributed by atoms with Gasteiger partial charge in [0.25, 0.3) is 0 Å². The van der Waals surface area contributed by atoms with Crippen LogP contribution in [0, 0.1) is 18.6 Å². The first kappa shape index (κ1) is 11.8. The molecule has 0 radical (unpaired) electrons. The molecule has 2 rings (SSSR count). The summed E-state index contributed by atoms with van der Waals surface area (Å²) in [5.41, 5.74) is 7.67. The largest absolute Gasteiger partial charge is 0.399 e. The SMILES string of the molecule is Cc1c(F)c(F)cc2cc(N)cc(C(C)C)c12. The quantitative estimate of drug-likeness (QED) is 0.739. The Labute approximate surface area is 99.2 Å². The molecule has 0 saturated heterocycles. The van der Waals surface area contributed by atoms with Crippen molar-refractivity contribution in [2.24, 2.45) is 0 Å². The van der Waals surface area contributed by atoms with E-state index in [1.165, 1.54) is 6.07 Å². The number of benzene rings is 2. The van der Waals surface area contributed by atoms with Gasteiger partial charge in [-0.05, 0) is 52.9 Å². The van der Waals surface area contributed by atoms with Crippen LogP contribution in [0.5, 0.6) is 0 Å². The minimum atomic E-state index is -0.824. The molecule has 0 atom stereocenters. The summed E-state index contributed by atoms with van der Waals surface area (Å²) in [6, 6.07) is 4.72. The third-order valence-corrected chi connectivity index (χ3v) is 3.04. The molecule has 0 spiro atoms. The topological polar surface area (TPSA) is 26.0 Å². The van der Waals surface area contributed by atoms with Crippen LogP contribution in [0.4, 0.5) is 14.5 Å². The second-order valence-corrected chi connectivity index (χ2v) is 4.66. The van der Waals surface area contributed by atoms with E-state index in [9.17, 15) is 8.78 Å². The Morgan fingerprint density at radius 3 is 2.35 bits per heavy atom. The van der Waals surface area contributed by atoms with Gasteiger partial charge in [0.1, 0.15) is 0 Å². The second-order valence-electron chi connectivity index (χ2n) is 4.66. The molecule has 2 aromatic carbocycles. The molecular weight excluding hydrogens is 220 g/mol. The van der Waals surface area contributed by atoms with Crippen LogP contribution in [-0.4, -0.2) is 0 Å². The van der Waals surface area contributed by atoms with Gasteiger partial charge in [-0.3, -0.25) is 0 Å². The first-order valence-electron chi connectivity index (χ1n) is 5.59. The zero-order valence-corrected chi connectivity index (χ0v) is 10.1. The Kier molecular flexibility index (Phi) is 2.77. The number of nitrogens with two attached hydrogens (primary N) is 1. The van der Waals surface area contributed by atoms with Crippen LogP contribution in [0.2, 0.25) is 0 Å². The Morgan fingerprint density at radius 2 is 1.76 bits per heavy atom. The van der Waals surface area contributed by atoms with Crippen molar-refractivity contribution in [1.29, 1.82) is 0 Å². The van der Waals surface area contributed by atoms with E-state index < -0.39 is 11.6 Å². The van der Waals surface area contributed by atoms with Crippen LogP contribution >= 0.6 is 0 Å². The van der Waals surface area contributed by atoms with Crippen LogP contribution in [0.25, 0.3) is 10.8 Å². The second kappa shape index (κ2) is 3.99. The van der Waals surface area contributed by atoms with E-state index in [2.05, 4.69) is 0 Å². The van der Waals surface area contributed by atoms with Gasteiger partial charge in [0.15, 0.2) is 11.6 Å². The van der Waals surface area contributed by atoms with Crippen molar-refractivity contribution >= 4 is 16.5 Å². The molecule has 17 heavy (non-hydrogen) atoms. The van der Waals surface area contributed by atoms with Crippen molar-refractivity contribution < 1.29 is 8.78 Å². The molecule has 0 unspecified atom stereocenters. The minimum absolute atomic E-state index is 0.213. The third-order valence-electron chi connectivity index (χ3n) is 3.04. The zero-order valence-electron chi connectivity index (χ0n) is 10.1. The molecule has 0 aromatic heterocycles. The lowest BCUT2D eigenvalue weighted by molar-refractivity contribution is 0.505. The molecule has 0 saturated carbocycles. The van der Waals surface area contributed by atoms with Crippen molar-refractivity contribution in [3.05, 3.63) is 41.0 Å². The number of fused-ring (bicyclic) bond motifs is 1. The summed E-state index contributed by atoms with van der Waals surface area (Å²) in [6.07, 6.45) is 0. The molecule has 2 N–H and O–H groups in total. The highest BCUT2D eigenvalue weighted by Gasteiger charge is 2.15. The van der Waals surface area contributed by atoms with Crippen LogP contribution in [-0.2, 0) is 0 Å². The summed E-state index contributed by atoms with van der Waals surface area (Å²) in [7, 11) is 0. The molecule has 1 nitrogen and oxygen atoms in total. The molecule has 0 fully saturated rings. The number of anilines is 1. The summed E-state index contributed by atoms with van der Waals surface area (Å²) >= 11 is 0. The van der Waals surface area contributed by atoms with Gasteiger partial charge in [0, 0.05) is 5.69 Å². The summed E-state index contributed by atoms with van der Waals surface area (Å²) in [5, 5.41) is 1.43. The van der Waals surface area contributed by atoms with Gasteiger partial charge >= 0.3 is 0 Å². The third kappa shape index (κ3) is 1.86. The molecule has 0 heterocycles. The van der Waals surface area contributed by atoms with Gasteiger partial charge in [-0.2, -0.15) is 0 Å². The lowest BCUT2D eigenvalue weighted by Crippen LogP contribution is -1.99. The Balaban J connectivity index is 2.96. The first-order chi connectivity index (χ1) is 7.91. The van der Waals surface area contributed by atoms with E-state index in [-0.39, 0.29) is 5.92 Å². The Hall–Kier alpha value is -1.64. The molecule has 2 aromatic rings. The van der Waals surface area contributed by atoms with E-state index in [1.54, 1.807) is 13.0 Å². The van der Waals surface area contributed by atoms with E-state index in [4.69, 9.17) is 5.73 Å². The minimum Gasteiger partial charge on any atom is -0.399 e. The molecule has 0 aliphatic rings. The summed E-state index contributed by atoms with van der Waals surface area (Å²) in [4.78, 5) is 0. The molecule has 0 aliphatic heterocycles. The average Bonchev–Trinajstić information content (AvgIpc) is 2.24.